The van der Waals surface area contributed by atoms with Gasteiger partial charge in [0.2, 0.25) is 0 Å². The fourth-order valence-corrected chi connectivity index (χ4v) is 1.16. The van der Waals surface area contributed by atoms with Crippen LogP contribution in [0.2, 0.25) is 0 Å². The highest BCUT2D eigenvalue weighted by atomic mass is 14.7. The molecule has 0 radical (unpaired) electrons. The second-order valence-corrected chi connectivity index (χ2v) is 3.06. The molecule has 0 spiro atoms. The van der Waals surface area contributed by atoms with Crippen molar-refractivity contribution < 1.29 is 0 Å². The van der Waals surface area contributed by atoms with Crippen LogP contribution in [-0.4, -0.2) is 12.8 Å². The first-order chi connectivity index (χ1) is 6.24. The lowest BCUT2D eigenvalue weighted by molar-refractivity contribution is 1.43. The van der Waals surface area contributed by atoms with Crippen molar-refractivity contribution in [1.29, 1.82) is 0 Å². The Balaban J connectivity index is 2.92. The van der Waals surface area contributed by atoms with Gasteiger partial charge in [-0.25, -0.2) is 0 Å². The van der Waals surface area contributed by atoms with Crippen molar-refractivity contribution in [1.82, 2.24) is 0 Å². The van der Waals surface area contributed by atoms with Crippen LogP contribution in [0.3, 0.4) is 0 Å². The summed E-state index contributed by atoms with van der Waals surface area (Å²) in [6, 6.07) is 10.3. The number of allylic oxidation sites excluding steroid dienone is 2. The molecule has 0 heterocycles. The lowest BCUT2D eigenvalue weighted by atomic mass is 10.1. The minimum atomic E-state index is 1.06. The van der Waals surface area contributed by atoms with Crippen molar-refractivity contribution in [3.63, 3.8) is 0 Å². The third-order valence-corrected chi connectivity index (χ3v) is 2.01. The summed E-state index contributed by atoms with van der Waals surface area (Å²) in [5.74, 6) is 0. The summed E-state index contributed by atoms with van der Waals surface area (Å²) in [4.78, 5) is 4.09. The monoisotopic (exact) mass is 173 g/mol. The summed E-state index contributed by atoms with van der Waals surface area (Å²) < 4.78 is 0. The molecule has 68 valence electrons. The van der Waals surface area contributed by atoms with Crippen molar-refractivity contribution in [2.24, 2.45) is 4.99 Å². The number of hydrogen-bond donors (Lipinski definition) is 0. The molecule has 1 rings (SSSR count). The minimum absolute atomic E-state index is 1.06. The number of hydrogen-bond acceptors (Lipinski definition) is 1. The number of aliphatic imine (C=N–C) groups is 1. The second-order valence-electron chi connectivity index (χ2n) is 3.06. The maximum atomic E-state index is 4.09. The maximum absolute atomic E-state index is 4.09. The van der Waals surface area contributed by atoms with Crippen molar-refractivity contribution >= 4 is 11.3 Å². The molecule has 0 aliphatic rings. The molecule has 1 nitrogen and oxygen atoms in total. The molecule has 0 saturated heterocycles. The summed E-state index contributed by atoms with van der Waals surface area (Å²) in [7, 11) is 1.81. The fourth-order valence-electron chi connectivity index (χ4n) is 1.16. The SMILES string of the molecule is C/N=C(C)\C=C(/C)c1ccccc1. The van der Waals surface area contributed by atoms with Crippen LogP contribution in [0.1, 0.15) is 19.4 Å². The molecule has 13 heavy (non-hydrogen) atoms. The van der Waals surface area contributed by atoms with E-state index in [1.54, 1.807) is 0 Å². The van der Waals surface area contributed by atoms with Gasteiger partial charge in [-0.05, 0) is 31.1 Å². The van der Waals surface area contributed by atoms with E-state index in [2.05, 4.69) is 30.1 Å². The van der Waals surface area contributed by atoms with Gasteiger partial charge >= 0.3 is 0 Å². The first-order valence-electron chi connectivity index (χ1n) is 4.41. The van der Waals surface area contributed by atoms with Gasteiger partial charge in [0.15, 0.2) is 0 Å². The molecule has 0 aliphatic carbocycles. The van der Waals surface area contributed by atoms with Gasteiger partial charge in [0.05, 0.1) is 0 Å². The van der Waals surface area contributed by atoms with E-state index in [0.29, 0.717) is 0 Å². The summed E-state index contributed by atoms with van der Waals surface area (Å²) >= 11 is 0. The third-order valence-electron chi connectivity index (χ3n) is 2.01. The molecule has 0 unspecified atom stereocenters. The van der Waals surface area contributed by atoms with E-state index in [-0.39, 0.29) is 0 Å². The summed E-state index contributed by atoms with van der Waals surface area (Å²) in [6.07, 6.45) is 2.09. The van der Waals surface area contributed by atoms with Gasteiger partial charge < -0.3 is 0 Å². The van der Waals surface area contributed by atoms with Gasteiger partial charge in [0.25, 0.3) is 0 Å². The Hall–Kier alpha value is -1.37. The van der Waals surface area contributed by atoms with Crippen LogP contribution < -0.4 is 0 Å². The van der Waals surface area contributed by atoms with Gasteiger partial charge in [-0.3, -0.25) is 4.99 Å². The van der Waals surface area contributed by atoms with Gasteiger partial charge in [-0.15, -0.1) is 0 Å². The van der Waals surface area contributed by atoms with E-state index in [1.165, 1.54) is 11.1 Å². The highest BCUT2D eigenvalue weighted by Gasteiger charge is 1.93. The summed E-state index contributed by atoms with van der Waals surface area (Å²) in [5, 5.41) is 0. The van der Waals surface area contributed by atoms with E-state index < -0.39 is 0 Å². The molecule has 1 aromatic rings. The average molecular weight is 173 g/mol. The van der Waals surface area contributed by atoms with E-state index in [9.17, 15) is 0 Å². The Morgan fingerprint density at radius 3 is 2.31 bits per heavy atom. The predicted octanol–water partition coefficient (Wildman–Crippen LogP) is 3.18. The van der Waals surface area contributed by atoms with Crippen LogP contribution in [0.5, 0.6) is 0 Å². The zero-order chi connectivity index (χ0) is 9.68. The molecule has 0 saturated carbocycles. The molecule has 0 aliphatic heterocycles. The second kappa shape index (κ2) is 4.61. The Bertz CT molecular complexity index is 320. The highest BCUT2D eigenvalue weighted by molar-refractivity contribution is 5.98. The van der Waals surface area contributed by atoms with Gasteiger partial charge in [0, 0.05) is 12.8 Å². The molecule has 0 aromatic heterocycles. The Morgan fingerprint density at radius 1 is 1.15 bits per heavy atom. The highest BCUT2D eigenvalue weighted by Crippen LogP contribution is 2.12. The van der Waals surface area contributed by atoms with Gasteiger partial charge in [-0.2, -0.15) is 0 Å². The van der Waals surface area contributed by atoms with Gasteiger partial charge in [-0.1, -0.05) is 30.3 Å². The number of nitrogens with zero attached hydrogens (tertiary/aromatic N) is 1. The quantitative estimate of drug-likeness (QED) is 0.609. The zero-order valence-corrected chi connectivity index (χ0v) is 8.41. The molecule has 0 fully saturated rings. The first-order valence-corrected chi connectivity index (χ1v) is 4.41. The van der Waals surface area contributed by atoms with Gasteiger partial charge in [0.1, 0.15) is 0 Å². The average Bonchev–Trinajstić information content (AvgIpc) is 2.19. The van der Waals surface area contributed by atoms with Crippen molar-refractivity contribution in [3.8, 4) is 0 Å². The van der Waals surface area contributed by atoms with Crippen LogP contribution in [0.15, 0.2) is 41.4 Å². The fraction of sp³-hybridized carbons (Fsp3) is 0.250. The maximum Gasteiger partial charge on any atom is 0.0316 e. The van der Waals surface area contributed by atoms with Crippen LogP contribution in [0, 0.1) is 0 Å². The van der Waals surface area contributed by atoms with Crippen LogP contribution in [0.4, 0.5) is 0 Å². The summed E-state index contributed by atoms with van der Waals surface area (Å²) in [5.41, 5.74) is 3.57. The molecular weight excluding hydrogens is 158 g/mol. The summed E-state index contributed by atoms with van der Waals surface area (Å²) in [6.45, 7) is 4.11. The lowest BCUT2D eigenvalue weighted by Crippen LogP contribution is -1.86. The van der Waals surface area contributed by atoms with Crippen LogP contribution in [0.25, 0.3) is 5.57 Å². The molecule has 1 heteroatoms. The predicted molar refractivity (Wildman–Crippen MR) is 59.1 cm³/mol. The smallest absolute Gasteiger partial charge is 0.0316 e. The first kappa shape index (κ1) is 9.72. The zero-order valence-electron chi connectivity index (χ0n) is 8.41. The Morgan fingerprint density at radius 2 is 1.77 bits per heavy atom. The van der Waals surface area contributed by atoms with E-state index in [1.807, 2.05) is 32.2 Å². The van der Waals surface area contributed by atoms with E-state index >= 15 is 0 Å². The minimum Gasteiger partial charge on any atom is -0.293 e. The van der Waals surface area contributed by atoms with E-state index in [4.69, 9.17) is 0 Å². The molecule has 0 atom stereocenters. The van der Waals surface area contributed by atoms with E-state index in [0.717, 1.165) is 5.71 Å². The number of benzene rings is 1. The third kappa shape index (κ3) is 2.86. The Kier molecular flexibility index (Phi) is 3.44. The topological polar surface area (TPSA) is 12.4 Å². The van der Waals surface area contributed by atoms with Crippen molar-refractivity contribution in [2.75, 3.05) is 7.05 Å². The van der Waals surface area contributed by atoms with Crippen LogP contribution in [-0.2, 0) is 0 Å². The normalized spacial score (nSPS) is 13.2. The molecule has 0 amide bonds. The molecular formula is C12H15N. The number of rotatable bonds is 2. The molecule has 0 bridgehead atoms. The van der Waals surface area contributed by atoms with Crippen molar-refractivity contribution in [3.05, 3.63) is 42.0 Å². The Labute approximate surface area is 79.8 Å². The van der Waals surface area contributed by atoms with Crippen molar-refractivity contribution in [2.45, 2.75) is 13.8 Å². The largest absolute Gasteiger partial charge is 0.293 e. The molecule has 1 aromatic carbocycles. The molecule has 0 N–H and O–H groups in total. The standard InChI is InChI=1S/C12H15N/c1-10(9-11(2)13-3)12-7-5-4-6-8-12/h4-9H,1-3H3/b10-9+,13-11-. The lowest BCUT2D eigenvalue weighted by Gasteiger charge is -2.00. The van der Waals surface area contributed by atoms with Crippen LogP contribution >= 0.6 is 0 Å².